The fraction of sp³-hybridized carbons (Fsp3) is 0.742. The Kier molecular flexibility index (Phi) is 13.5. The summed E-state index contributed by atoms with van der Waals surface area (Å²) in [5.41, 5.74) is 5.81. The molecule has 2 rings (SSSR count). The number of hydrogen-bond donors (Lipinski definition) is 7. The summed E-state index contributed by atoms with van der Waals surface area (Å²) >= 11 is 0. The first-order valence-corrected chi connectivity index (χ1v) is 15.2. The van der Waals surface area contributed by atoms with E-state index in [0.717, 1.165) is 6.42 Å². The van der Waals surface area contributed by atoms with Gasteiger partial charge in [0.25, 0.3) is 0 Å². The number of aliphatic hydroxyl groups excluding tert-OH is 2. The third kappa shape index (κ3) is 10.7. The molecule has 8 N–H and O–H groups in total. The van der Waals surface area contributed by atoms with Gasteiger partial charge in [0.1, 0.15) is 12.1 Å². The van der Waals surface area contributed by atoms with Crippen molar-refractivity contribution in [3.63, 3.8) is 0 Å². The summed E-state index contributed by atoms with van der Waals surface area (Å²) in [5.74, 6) is -1.55. The molecule has 1 amide bonds. The lowest BCUT2D eigenvalue weighted by molar-refractivity contribution is -0.164. The second kappa shape index (κ2) is 16.1. The summed E-state index contributed by atoms with van der Waals surface area (Å²) in [5, 5.41) is 42.8. The number of guanidine groups is 1. The van der Waals surface area contributed by atoms with Gasteiger partial charge in [0.05, 0.1) is 24.0 Å². The number of ether oxygens (including phenoxy) is 1. The average Bonchev–Trinajstić information content (AvgIpc) is 2.89. The lowest BCUT2D eigenvalue weighted by atomic mass is 9.65. The van der Waals surface area contributed by atoms with Crippen LogP contribution in [-0.2, 0) is 19.1 Å². The van der Waals surface area contributed by atoms with E-state index in [0.29, 0.717) is 32.2 Å². The van der Waals surface area contributed by atoms with Gasteiger partial charge in [-0.2, -0.15) is 0 Å². The van der Waals surface area contributed by atoms with Gasteiger partial charge in [-0.1, -0.05) is 39.0 Å². The van der Waals surface area contributed by atoms with Crippen molar-refractivity contribution in [1.82, 2.24) is 10.6 Å². The topological polar surface area (TPSA) is 195 Å². The van der Waals surface area contributed by atoms with Gasteiger partial charge in [0.2, 0.25) is 5.91 Å². The molecule has 0 fully saturated rings. The number of hydrogen-bond acceptors (Lipinski definition) is 7. The fourth-order valence-corrected chi connectivity index (χ4v) is 5.82. The van der Waals surface area contributed by atoms with Crippen molar-refractivity contribution >= 4 is 23.8 Å². The van der Waals surface area contributed by atoms with E-state index in [-0.39, 0.29) is 61.0 Å². The molecule has 2 aliphatic carbocycles. The van der Waals surface area contributed by atoms with Crippen molar-refractivity contribution in [2.24, 2.45) is 34.8 Å². The summed E-state index contributed by atoms with van der Waals surface area (Å²) in [6, 6.07) is -1.13. The van der Waals surface area contributed by atoms with Crippen molar-refractivity contribution in [2.75, 3.05) is 6.54 Å². The SMILES string of the molecule is CCC(C)(C)C(=O)O[C@H]1C[C@@H](C)C=C2C=C[C@H](C)[C@H](CC[C@@H](O)C[C@@H](O)CC(=O)N[C@H](CCCNC(=N)N)C(=O)O)C21. The maximum absolute atomic E-state index is 13.0. The summed E-state index contributed by atoms with van der Waals surface area (Å²) in [7, 11) is 0. The number of carbonyl (C=O) groups excluding carboxylic acids is 2. The smallest absolute Gasteiger partial charge is 0.326 e. The number of allylic oxidation sites excluding steroid dienone is 3. The van der Waals surface area contributed by atoms with E-state index in [1.807, 2.05) is 20.8 Å². The lowest BCUT2D eigenvalue weighted by Crippen LogP contribution is -2.43. The third-order valence-electron chi connectivity index (χ3n) is 8.71. The molecule has 0 heterocycles. The van der Waals surface area contributed by atoms with Gasteiger partial charge in [-0.15, -0.1) is 0 Å². The van der Waals surface area contributed by atoms with Gasteiger partial charge in [-0.25, -0.2) is 4.79 Å². The lowest BCUT2D eigenvalue weighted by Gasteiger charge is -2.44. The zero-order chi connectivity index (χ0) is 31.6. The molecule has 0 aromatic rings. The number of carbonyl (C=O) groups is 3. The Bertz CT molecular complexity index is 1010. The van der Waals surface area contributed by atoms with E-state index < -0.39 is 35.5 Å². The van der Waals surface area contributed by atoms with Crippen molar-refractivity contribution in [3.05, 3.63) is 23.8 Å². The predicted octanol–water partition coefficient (Wildman–Crippen LogP) is 2.85. The molecule has 238 valence electrons. The summed E-state index contributed by atoms with van der Waals surface area (Å²) in [6.45, 7) is 10.3. The van der Waals surface area contributed by atoms with E-state index in [1.54, 1.807) is 0 Å². The van der Waals surface area contributed by atoms with Crippen LogP contribution in [0, 0.1) is 34.5 Å². The summed E-state index contributed by atoms with van der Waals surface area (Å²) in [6.07, 6.45) is 6.98. The van der Waals surface area contributed by atoms with Gasteiger partial charge >= 0.3 is 11.9 Å². The van der Waals surface area contributed by atoms with E-state index >= 15 is 0 Å². The molecule has 2 aliphatic rings. The molecule has 0 saturated heterocycles. The quantitative estimate of drug-likeness (QED) is 0.0610. The van der Waals surface area contributed by atoms with Gasteiger partial charge in [0, 0.05) is 12.5 Å². The Morgan fingerprint density at radius 2 is 1.88 bits per heavy atom. The predicted molar refractivity (Wildman–Crippen MR) is 160 cm³/mol. The summed E-state index contributed by atoms with van der Waals surface area (Å²) in [4.78, 5) is 36.9. The minimum atomic E-state index is -1.19. The van der Waals surface area contributed by atoms with Crippen LogP contribution in [0.15, 0.2) is 23.8 Å². The number of nitrogens with two attached hydrogens (primary N) is 1. The van der Waals surface area contributed by atoms with Crippen LogP contribution in [0.25, 0.3) is 0 Å². The first-order chi connectivity index (χ1) is 19.6. The Morgan fingerprint density at radius 3 is 2.50 bits per heavy atom. The number of carboxylic acids is 1. The molecule has 8 atom stereocenters. The Morgan fingerprint density at radius 1 is 1.19 bits per heavy atom. The van der Waals surface area contributed by atoms with E-state index in [2.05, 4.69) is 42.7 Å². The summed E-state index contributed by atoms with van der Waals surface area (Å²) < 4.78 is 6.15. The second-order valence-electron chi connectivity index (χ2n) is 12.7. The first kappa shape index (κ1) is 35.3. The molecule has 0 saturated carbocycles. The Balaban J connectivity index is 1.94. The molecule has 0 bridgehead atoms. The molecule has 0 aliphatic heterocycles. The molecule has 42 heavy (non-hydrogen) atoms. The number of rotatable bonds is 16. The maximum Gasteiger partial charge on any atom is 0.326 e. The molecule has 0 aromatic heterocycles. The Hall–Kier alpha value is -2.92. The normalized spacial score (nSPS) is 25.8. The maximum atomic E-state index is 13.0. The van der Waals surface area contributed by atoms with Gasteiger partial charge < -0.3 is 36.4 Å². The van der Waals surface area contributed by atoms with Crippen LogP contribution in [0.2, 0.25) is 0 Å². The molecule has 11 nitrogen and oxygen atoms in total. The average molecular weight is 593 g/mol. The molecule has 11 heteroatoms. The Labute approximate surface area is 249 Å². The number of esters is 1. The number of nitrogens with one attached hydrogen (secondary N) is 3. The van der Waals surface area contributed by atoms with Crippen LogP contribution in [0.4, 0.5) is 0 Å². The highest BCUT2D eigenvalue weighted by Gasteiger charge is 2.43. The molecular formula is C31H52N4O7. The number of aliphatic hydroxyl groups is 2. The number of aliphatic carboxylic acids is 1. The third-order valence-corrected chi connectivity index (χ3v) is 8.71. The zero-order valence-electron chi connectivity index (χ0n) is 25.8. The molecule has 0 radical (unpaired) electrons. The van der Waals surface area contributed by atoms with E-state index in [9.17, 15) is 29.7 Å². The van der Waals surface area contributed by atoms with Crippen LogP contribution in [-0.4, -0.2) is 70.0 Å². The van der Waals surface area contributed by atoms with Crippen LogP contribution in [0.1, 0.15) is 86.0 Å². The minimum absolute atomic E-state index is 0.0157. The van der Waals surface area contributed by atoms with E-state index in [4.69, 9.17) is 15.9 Å². The second-order valence-corrected chi connectivity index (χ2v) is 12.7. The number of carboxylic acid groups (broad SMARTS) is 1. The minimum Gasteiger partial charge on any atom is -0.480 e. The van der Waals surface area contributed by atoms with Crippen molar-refractivity contribution in [1.29, 1.82) is 5.41 Å². The van der Waals surface area contributed by atoms with Crippen LogP contribution in [0.3, 0.4) is 0 Å². The van der Waals surface area contributed by atoms with Crippen molar-refractivity contribution in [2.45, 2.75) is 110 Å². The van der Waals surface area contributed by atoms with Gasteiger partial charge in [-0.3, -0.25) is 15.0 Å². The van der Waals surface area contributed by atoms with Gasteiger partial charge in [-0.05, 0) is 82.1 Å². The largest absolute Gasteiger partial charge is 0.480 e. The first-order valence-electron chi connectivity index (χ1n) is 15.2. The highest BCUT2D eigenvalue weighted by atomic mass is 16.5. The number of fused-ring (bicyclic) bond motifs is 1. The highest BCUT2D eigenvalue weighted by molar-refractivity contribution is 5.83. The standard InChI is InChI=1S/C31H52N4O7/c1-6-31(4,5)29(41)42-25-15-18(2)14-20-10-9-19(3)23(27(20)25)12-11-21(36)16-22(37)17-26(38)35-24(28(39)40)8-7-13-34-30(32)33/h9-10,14,18-19,21-25,27,36-37H,6-8,11-13,15-17H2,1-5H3,(H,35,38)(H,39,40)(H4,32,33,34)/t18-,19-,21+,22+,23-,24+,25-,27?/m0/s1. The van der Waals surface area contributed by atoms with Crippen LogP contribution < -0.4 is 16.4 Å². The fourth-order valence-electron chi connectivity index (χ4n) is 5.82. The van der Waals surface area contributed by atoms with Crippen LogP contribution >= 0.6 is 0 Å². The highest BCUT2D eigenvalue weighted by Crippen LogP contribution is 2.45. The van der Waals surface area contributed by atoms with Gasteiger partial charge in [0.15, 0.2) is 5.96 Å². The molecule has 1 unspecified atom stereocenters. The van der Waals surface area contributed by atoms with Crippen molar-refractivity contribution in [3.8, 4) is 0 Å². The molecule has 0 aromatic carbocycles. The van der Waals surface area contributed by atoms with E-state index in [1.165, 1.54) is 5.57 Å². The number of amides is 1. The molecular weight excluding hydrogens is 540 g/mol. The van der Waals surface area contributed by atoms with Crippen LogP contribution in [0.5, 0.6) is 0 Å². The van der Waals surface area contributed by atoms with Crippen molar-refractivity contribution < 1.29 is 34.4 Å². The molecule has 0 spiro atoms. The zero-order valence-corrected chi connectivity index (χ0v) is 25.8. The monoisotopic (exact) mass is 592 g/mol.